The van der Waals surface area contributed by atoms with Crippen molar-refractivity contribution in [3.8, 4) is 5.88 Å². The Morgan fingerprint density at radius 2 is 1.47 bits per heavy atom. The van der Waals surface area contributed by atoms with E-state index in [2.05, 4.69) is 9.97 Å². The van der Waals surface area contributed by atoms with E-state index in [1.807, 2.05) is 78.9 Å². The predicted molar refractivity (Wildman–Crippen MR) is 117 cm³/mol. The van der Waals surface area contributed by atoms with Crippen LogP contribution in [0.4, 0.5) is 0 Å². The van der Waals surface area contributed by atoms with E-state index in [1.54, 1.807) is 30.1 Å². The van der Waals surface area contributed by atoms with E-state index in [0.717, 1.165) is 16.7 Å². The number of aromatic nitrogens is 3. The molecule has 0 radical (unpaired) electrons. The normalized spacial score (nSPS) is 12.2. The van der Waals surface area contributed by atoms with Gasteiger partial charge in [-0.3, -0.25) is 9.78 Å². The third kappa shape index (κ3) is 4.52. The maximum atomic E-state index is 13.0. The smallest absolute Gasteiger partial charge is 0.276 e. The maximum absolute atomic E-state index is 13.0. The molecule has 0 N–H and O–H groups in total. The van der Waals surface area contributed by atoms with E-state index in [9.17, 15) is 4.79 Å². The van der Waals surface area contributed by atoms with E-state index in [-0.39, 0.29) is 5.56 Å². The molecular weight excluding hydrogens is 374 g/mol. The van der Waals surface area contributed by atoms with Gasteiger partial charge in [-0.15, -0.1) is 0 Å². The van der Waals surface area contributed by atoms with Crippen molar-refractivity contribution >= 4 is 12.2 Å². The summed E-state index contributed by atoms with van der Waals surface area (Å²) in [4.78, 5) is 21.6. The highest BCUT2D eigenvalue weighted by Gasteiger charge is 2.08. The highest BCUT2D eigenvalue weighted by Crippen LogP contribution is 2.05. The van der Waals surface area contributed by atoms with Crippen LogP contribution in [0.15, 0.2) is 90.0 Å². The highest BCUT2D eigenvalue weighted by atomic mass is 16.5. The van der Waals surface area contributed by atoms with Crippen molar-refractivity contribution in [2.75, 3.05) is 0 Å². The molecule has 4 aromatic rings. The van der Waals surface area contributed by atoms with Gasteiger partial charge in [-0.1, -0.05) is 60.7 Å². The van der Waals surface area contributed by atoms with Crippen LogP contribution in [-0.4, -0.2) is 14.5 Å². The van der Waals surface area contributed by atoms with Gasteiger partial charge in [0.2, 0.25) is 5.88 Å². The molecule has 30 heavy (non-hydrogen) atoms. The van der Waals surface area contributed by atoms with Crippen LogP contribution < -0.4 is 21.0 Å². The number of hydrogen-bond acceptors (Lipinski definition) is 4. The zero-order chi connectivity index (χ0) is 20.8. The Labute approximate surface area is 174 Å². The molecule has 0 saturated carbocycles. The van der Waals surface area contributed by atoms with Gasteiger partial charge in [-0.2, -0.15) is 0 Å². The zero-order valence-corrected chi connectivity index (χ0v) is 16.6. The molecule has 2 aromatic heterocycles. The molecule has 0 atom stereocenters. The quantitative estimate of drug-likeness (QED) is 0.521. The van der Waals surface area contributed by atoms with Crippen LogP contribution in [-0.2, 0) is 13.7 Å². The fourth-order valence-electron chi connectivity index (χ4n) is 3.04. The van der Waals surface area contributed by atoms with Gasteiger partial charge in [0.05, 0.1) is 0 Å². The van der Waals surface area contributed by atoms with Gasteiger partial charge in [0.25, 0.3) is 5.56 Å². The number of nitrogens with zero attached hydrogens (tertiary/aromatic N) is 3. The van der Waals surface area contributed by atoms with Gasteiger partial charge >= 0.3 is 0 Å². The zero-order valence-electron chi connectivity index (χ0n) is 16.6. The Bertz CT molecular complexity index is 1300. The fraction of sp³-hybridized carbons (Fsp3) is 0.0800. The molecule has 4 rings (SSSR count). The molecule has 0 spiro atoms. The third-order valence-electron chi connectivity index (χ3n) is 4.66. The van der Waals surface area contributed by atoms with Crippen molar-refractivity contribution in [3.63, 3.8) is 0 Å². The summed E-state index contributed by atoms with van der Waals surface area (Å²) >= 11 is 0. The summed E-state index contributed by atoms with van der Waals surface area (Å²) in [5.41, 5.74) is 2.65. The highest BCUT2D eigenvalue weighted by molar-refractivity contribution is 5.51. The number of rotatable bonds is 5. The molecule has 0 aliphatic rings. The largest absolute Gasteiger partial charge is 0.471 e. The summed E-state index contributed by atoms with van der Waals surface area (Å²) in [6, 6.07) is 23.2. The van der Waals surface area contributed by atoms with Crippen LogP contribution in [0.2, 0.25) is 0 Å². The molecule has 5 nitrogen and oxygen atoms in total. The molecule has 0 aliphatic heterocycles. The van der Waals surface area contributed by atoms with Crippen LogP contribution in [0.1, 0.15) is 16.7 Å². The third-order valence-corrected chi connectivity index (χ3v) is 4.66. The van der Waals surface area contributed by atoms with Crippen molar-refractivity contribution in [2.24, 2.45) is 7.05 Å². The van der Waals surface area contributed by atoms with Gasteiger partial charge in [0.15, 0.2) is 0 Å². The molecule has 2 aromatic carbocycles. The van der Waals surface area contributed by atoms with Crippen molar-refractivity contribution in [1.82, 2.24) is 14.5 Å². The second kappa shape index (κ2) is 9.01. The molecular formula is C25H21N3O2. The molecule has 0 unspecified atom stereocenters. The van der Waals surface area contributed by atoms with Crippen LogP contribution in [0.5, 0.6) is 5.88 Å². The van der Waals surface area contributed by atoms with Crippen molar-refractivity contribution in [3.05, 3.63) is 123 Å². The standard InChI is InChI=1S/C25H21N3O2/c1-28-23(17-20-10-6-3-7-11-20)24(30-18-21-12-14-26-15-13-21)27-22(25(28)29)16-19-8-4-2-5-9-19/h2-17H,18H2,1H3. The van der Waals surface area contributed by atoms with Crippen LogP contribution in [0, 0.1) is 0 Å². The van der Waals surface area contributed by atoms with Gasteiger partial charge in [-0.25, -0.2) is 4.98 Å². The maximum Gasteiger partial charge on any atom is 0.276 e. The summed E-state index contributed by atoms with van der Waals surface area (Å²) in [5, 5.41) is 0.948. The Morgan fingerprint density at radius 3 is 2.10 bits per heavy atom. The topological polar surface area (TPSA) is 57.0 Å². The van der Waals surface area contributed by atoms with Crippen molar-refractivity contribution < 1.29 is 4.74 Å². The summed E-state index contributed by atoms with van der Waals surface area (Å²) in [6.07, 6.45) is 7.12. The molecule has 0 bridgehead atoms. The minimum Gasteiger partial charge on any atom is -0.471 e. The van der Waals surface area contributed by atoms with E-state index in [0.29, 0.717) is 23.2 Å². The van der Waals surface area contributed by atoms with Crippen molar-refractivity contribution in [2.45, 2.75) is 6.61 Å². The fourth-order valence-corrected chi connectivity index (χ4v) is 3.04. The Balaban J connectivity index is 1.86. The molecule has 0 fully saturated rings. The van der Waals surface area contributed by atoms with E-state index >= 15 is 0 Å². The number of benzene rings is 2. The second-order valence-corrected chi connectivity index (χ2v) is 6.81. The van der Waals surface area contributed by atoms with E-state index in [1.165, 1.54) is 0 Å². The Kier molecular flexibility index (Phi) is 5.80. The van der Waals surface area contributed by atoms with Gasteiger partial charge < -0.3 is 9.30 Å². The first-order valence-corrected chi connectivity index (χ1v) is 9.63. The first kappa shape index (κ1) is 19.3. The minimum absolute atomic E-state index is 0.183. The summed E-state index contributed by atoms with van der Waals surface area (Å²) in [7, 11) is 1.74. The summed E-state index contributed by atoms with van der Waals surface area (Å²) in [6.45, 7) is 0.328. The second-order valence-electron chi connectivity index (χ2n) is 6.81. The number of pyridine rings is 1. The Hall–Kier alpha value is -3.99. The predicted octanol–water partition coefficient (Wildman–Crippen LogP) is 2.41. The number of ether oxygens (including phenoxy) is 1. The molecule has 5 heteroatoms. The molecule has 0 aliphatic carbocycles. The van der Waals surface area contributed by atoms with Gasteiger partial charge in [0.1, 0.15) is 17.3 Å². The minimum atomic E-state index is -0.183. The van der Waals surface area contributed by atoms with Crippen LogP contribution in [0.25, 0.3) is 12.2 Å². The Morgan fingerprint density at radius 1 is 0.867 bits per heavy atom. The molecule has 148 valence electrons. The summed E-state index contributed by atoms with van der Waals surface area (Å²) in [5.74, 6) is 0.403. The molecule has 0 saturated heterocycles. The SMILES string of the molecule is Cn1c(=Cc2ccccc2)c(OCc2ccncc2)nc(=Cc2ccccc2)c1=O. The number of hydrogen-bond donors (Lipinski definition) is 0. The first-order valence-electron chi connectivity index (χ1n) is 9.63. The lowest BCUT2D eigenvalue weighted by Crippen LogP contribution is -2.44. The van der Waals surface area contributed by atoms with E-state index in [4.69, 9.17) is 4.74 Å². The van der Waals surface area contributed by atoms with Gasteiger partial charge in [-0.05, 0) is 41.0 Å². The molecule has 0 amide bonds. The van der Waals surface area contributed by atoms with Crippen LogP contribution in [0.3, 0.4) is 0 Å². The van der Waals surface area contributed by atoms with E-state index < -0.39 is 0 Å². The average Bonchev–Trinajstić information content (AvgIpc) is 2.80. The lowest BCUT2D eigenvalue weighted by Gasteiger charge is -2.09. The monoisotopic (exact) mass is 395 g/mol. The van der Waals surface area contributed by atoms with Crippen molar-refractivity contribution in [1.29, 1.82) is 0 Å². The average molecular weight is 395 g/mol. The first-order chi connectivity index (χ1) is 14.7. The lowest BCUT2D eigenvalue weighted by atomic mass is 10.2. The summed E-state index contributed by atoms with van der Waals surface area (Å²) < 4.78 is 7.64. The van der Waals surface area contributed by atoms with Crippen LogP contribution >= 0.6 is 0 Å². The lowest BCUT2D eigenvalue weighted by molar-refractivity contribution is 0.285. The van der Waals surface area contributed by atoms with Gasteiger partial charge in [0, 0.05) is 19.4 Å². The molecule has 2 heterocycles.